The predicted octanol–water partition coefficient (Wildman–Crippen LogP) is 1.57. The summed E-state index contributed by atoms with van der Waals surface area (Å²) in [5.41, 5.74) is 0. The van der Waals surface area contributed by atoms with Crippen LogP contribution in [0.15, 0.2) is 29.2 Å². The Balaban J connectivity index is 2.17. The quantitative estimate of drug-likeness (QED) is 0.816. The molecule has 1 heterocycles. The lowest BCUT2D eigenvalue weighted by atomic mass is 9.98. The molecule has 0 saturated carbocycles. The van der Waals surface area contributed by atoms with Gasteiger partial charge in [-0.2, -0.15) is 4.31 Å². The number of ether oxygens (including phenoxy) is 1. The van der Waals surface area contributed by atoms with Crippen LogP contribution in [0.3, 0.4) is 0 Å². The van der Waals surface area contributed by atoms with Gasteiger partial charge in [0.05, 0.1) is 17.9 Å². The highest BCUT2D eigenvalue weighted by atomic mass is 32.2. The summed E-state index contributed by atoms with van der Waals surface area (Å²) >= 11 is 0. The summed E-state index contributed by atoms with van der Waals surface area (Å²) in [6.07, 6.45) is 1.43. The molecule has 0 bridgehead atoms. The number of hydrogen-bond donors (Lipinski definition) is 0. The molecule has 1 atom stereocenters. The van der Waals surface area contributed by atoms with E-state index in [1.54, 1.807) is 24.1 Å². The zero-order valence-corrected chi connectivity index (χ0v) is 14.7. The van der Waals surface area contributed by atoms with Gasteiger partial charge in [0.25, 0.3) is 0 Å². The first-order chi connectivity index (χ1) is 10.9. The third-order valence-corrected chi connectivity index (χ3v) is 6.16. The van der Waals surface area contributed by atoms with Crippen LogP contribution in [0.25, 0.3) is 0 Å². The summed E-state index contributed by atoms with van der Waals surface area (Å²) in [5, 5.41) is 0. The average molecular weight is 340 g/mol. The van der Waals surface area contributed by atoms with E-state index in [4.69, 9.17) is 4.74 Å². The van der Waals surface area contributed by atoms with Crippen LogP contribution in [0.1, 0.15) is 19.8 Å². The van der Waals surface area contributed by atoms with Gasteiger partial charge in [0.2, 0.25) is 15.9 Å². The minimum absolute atomic E-state index is 0.0159. The maximum Gasteiger partial charge on any atom is 0.243 e. The van der Waals surface area contributed by atoms with Crippen LogP contribution in [0.2, 0.25) is 0 Å². The number of hydrogen-bond acceptors (Lipinski definition) is 4. The Hall–Kier alpha value is -1.60. The molecule has 1 aliphatic rings. The van der Waals surface area contributed by atoms with Crippen LogP contribution in [0.4, 0.5) is 0 Å². The van der Waals surface area contributed by atoms with Gasteiger partial charge in [-0.3, -0.25) is 4.79 Å². The molecule has 1 aromatic rings. The summed E-state index contributed by atoms with van der Waals surface area (Å²) in [5.74, 6) is 0.365. The van der Waals surface area contributed by atoms with Gasteiger partial charge in [-0.15, -0.1) is 0 Å². The Morgan fingerprint density at radius 2 is 2.00 bits per heavy atom. The van der Waals surface area contributed by atoms with E-state index in [1.165, 1.54) is 23.5 Å². The van der Waals surface area contributed by atoms with Gasteiger partial charge in [0, 0.05) is 26.7 Å². The maximum absolute atomic E-state index is 12.8. The first-order valence-electron chi connectivity index (χ1n) is 7.79. The standard InChI is InChI=1S/C16H24N2O4S/c1-4-17(2)16(19)13-6-5-11-18(12-13)23(20,21)15-9-7-14(22-3)8-10-15/h7-10,13H,4-6,11-12H2,1-3H3. The van der Waals surface area contributed by atoms with Gasteiger partial charge >= 0.3 is 0 Å². The fraction of sp³-hybridized carbons (Fsp3) is 0.562. The highest BCUT2D eigenvalue weighted by Gasteiger charge is 2.34. The van der Waals surface area contributed by atoms with E-state index in [2.05, 4.69) is 0 Å². The fourth-order valence-corrected chi connectivity index (χ4v) is 4.25. The van der Waals surface area contributed by atoms with Crippen molar-refractivity contribution in [1.29, 1.82) is 0 Å². The molecule has 1 aromatic carbocycles. The normalized spacial score (nSPS) is 19.3. The van der Waals surface area contributed by atoms with Gasteiger partial charge in [-0.05, 0) is 44.0 Å². The molecule has 1 aliphatic heterocycles. The molecule has 1 unspecified atom stereocenters. The van der Waals surface area contributed by atoms with E-state index in [9.17, 15) is 13.2 Å². The van der Waals surface area contributed by atoms with Gasteiger partial charge in [-0.1, -0.05) is 0 Å². The Kier molecular flexibility index (Phi) is 5.64. The van der Waals surface area contributed by atoms with Crippen molar-refractivity contribution in [2.75, 3.05) is 33.8 Å². The number of sulfonamides is 1. The largest absolute Gasteiger partial charge is 0.497 e. The Morgan fingerprint density at radius 1 is 1.35 bits per heavy atom. The SMILES string of the molecule is CCN(C)C(=O)C1CCCN(S(=O)(=O)c2ccc(OC)cc2)C1. The smallest absolute Gasteiger partial charge is 0.243 e. The molecule has 1 amide bonds. The summed E-state index contributed by atoms with van der Waals surface area (Å²) in [4.78, 5) is 14.2. The van der Waals surface area contributed by atoms with E-state index >= 15 is 0 Å². The molecule has 0 spiro atoms. The number of nitrogens with zero attached hydrogens (tertiary/aromatic N) is 2. The maximum atomic E-state index is 12.8. The van der Waals surface area contributed by atoms with Crippen molar-refractivity contribution in [2.45, 2.75) is 24.7 Å². The lowest BCUT2D eigenvalue weighted by molar-refractivity contribution is -0.135. The van der Waals surface area contributed by atoms with Crippen molar-refractivity contribution >= 4 is 15.9 Å². The molecule has 128 valence electrons. The molecule has 2 rings (SSSR count). The van der Waals surface area contributed by atoms with Gasteiger partial charge < -0.3 is 9.64 Å². The van der Waals surface area contributed by atoms with Crippen molar-refractivity contribution in [2.24, 2.45) is 5.92 Å². The highest BCUT2D eigenvalue weighted by Crippen LogP contribution is 2.25. The number of carbonyl (C=O) groups is 1. The predicted molar refractivity (Wildman–Crippen MR) is 87.8 cm³/mol. The molecule has 0 radical (unpaired) electrons. The van der Waals surface area contributed by atoms with E-state index in [-0.39, 0.29) is 23.3 Å². The molecular formula is C16H24N2O4S. The van der Waals surface area contributed by atoms with Gasteiger partial charge in [0.15, 0.2) is 0 Å². The molecular weight excluding hydrogens is 316 g/mol. The molecule has 1 saturated heterocycles. The minimum atomic E-state index is -3.58. The van der Waals surface area contributed by atoms with Crippen molar-refractivity contribution in [3.8, 4) is 5.75 Å². The van der Waals surface area contributed by atoms with Gasteiger partial charge in [-0.25, -0.2) is 8.42 Å². The van der Waals surface area contributed by atoms with Gasteiger partial charge in [0.1, 0.15) is 5.75 Å². The Labute approximate surface area is 138 Å². The summed E-state index contributed by atoms with van der Waals surface area (Å²) in [7, 11) is -0.293. The zero-order chi connectivity index (χ0) is 17.0. The zero-order valence-electron chi connectivity index (χ0n) is 13.9. The van der Waals surface area contributed by atoms with E-state index in [1.807, 2.05) is 6.92 Å². The van der Waals surface area contributed by atoms with Crippen molar-refractivity contribution in [1.82, 2.24) is 9.21 Å². The lowest BCUT2D eigenvalue weighted by Gasteiger charge is -2.33. The number of rotatable bonds is 5. The second kappa shape index (κ2) is 7.31. The third-order valence-electron chi connectivity index (χ3n) is 4.28. The summed E-state index contributed by atoms with van der Waals surface area (Å²) < 4.78 is 32.0. The fourth-order valence-electron chi connectivity index (χ4n) is 2.73. The number of carbonyl (C=O) groups excluding carboxylic acids is 1. The second-order valence-electron chi connectivity index (χ2n) is 5.73. The average Bonchev–Trinajstić information content (AvgIpc) is 2.60. The van der Waals surface area contributed by atoms with Crippen LogP contribution in [-0.2, 0) is 14.8 Å². The van der Waals surface area contributed by atoms with Crippen molar-refractivity contribution in [3.63, 3.8) is 0 Å². The number of benzene rings is 1. The second-order valence-corrected chi connectivity index (χ2v) is 7.67. The van der Waals surface area contributed by atoms with E-state index in [0.29, 0.717) is 25.3 Å². The first kappa shape index (κ1) is 17.7. The van der Waals surface area contributed by atoms with Crippen molar-refractivity contribution < 1.29 is 17.9 Å². The third kappa shape index (κ3) is 3.84. The molecule has 7 heteroatoms. The first-order valence-corrected chi connectivity index (χ1v) is 9.23. The van der Waals surface area contributed by atoms with E-state index < -0.39 is 10.0 Å². The lowest BCUT2D eigenvalue weighted by Crippen LogP contribution is -2.45. The minimum Gasteiger partial charge on any atom is -0.497 e. The monoisotopic (exact) mass is 340 g/mol. The van der Waals surface area contributed by atoms with Crippen LogP contribution in [0.5, 0.6) is 5.75 Å². The van der Waals surface area contributed by atoms with Crippen LogP contribution in [0, 0.1) is 5.92 Å². The molecule has 23 heavy (non-hydrogen) atoms. The van der Waals surface area contributed by atoms with Crippen LogP contribution < -0.4 is 4.74 Å². The summed E-state index contributed by atoms with van der Waals surface area (Å²) in [6, 6.07) is 6.34. The number of amides is 1. The topological polar surface area (TPSA) is 66.9 Å². The highest BCUT2D eigenvalue weighted by molar-refractivity contribution is 7.89. The molecule has 1 fully saturated rings. The molecule has 0 aromatic heterocycles. The number of piperidine rings is 1. The molecule has 0 aliphatic carbocycles. The Bertz CT molecular complexity index is 643. The number of methoxy groups -OCH3 is 1. The van der Waals surface area contributed by atoms with E-state index in [0.717, 1.165) is 6.42 Å². The Morgan fingerprint density at radius 3 is 2.57 bits per heavy atom. The molecule has 0 N–H and O–H groups in total. The van der Waals surface area contributed by atoms with Crippen LogP contribution >= 0.6 is 0 Å². The van der Waals surface area contributed by atoms with Crippen molar-refractivity contribution in [3.05, 3.63) is 24.3 Å². The van der Waals surface area contributed by atoms with Crippen LogP contribution in [-0.4, -0.2) is 57.3 Å². The molecule has 6 nitrogen and oxygen atoms in total. The summed E-state index contributed by atoms with van der Waals surface area (Å²) in [6.45, 7) is 3.23.